The molecule has 0 saturated carbocycles. The molecule has 4 aromatic rings. The Morgan fingerprint density at radius 2 is 1.70 bits per heavy atom. The highest BCUT2D eigenvalue weighted by Crippen LogP contribution is 2.36. The number of nitrogens with zero attached hydrogens (tertiary/aromatic N) is 6. The van der Waals surface area contributed by atoms with Crippen LogP contribution in [0.5, 0.6) is 11.5 Å². The topological polar surface area (TPSA) is 139 Å². The van der Waals surface area contributed by atoms with Crippen molar-refractivity contribution in [2.24, 2.45) is 18.9 Å². The first-order valence-electron chi connectivity index (χ1n) is 20.8. The number of hydrogen-bond acceptors (Lipinski definition) is 9. The molecule has 344 valence electrons. The van der Waals surface area contributed by atoms with Gasteiger partial charge in [0.2, 0.25) is 17.7 Å². The summed E-state index contributed by atoms with van der Waals surface area (Å²) >= 11 is 12.4. The molecule has 2 aromatic carbocycles. The molecular weight excluding hydrogens is 881 g/mol. The second kappa shape index (κ2) is 20.4. The number of nitrogens with one attached hydrogen (secondary N) is 1. The van der Waals surface area contributed by atoms with E-state index >= 15 is 4.39 Å². The second-order valence-corrected chi connectivity index (χ2v) is 17.8. The number of Topliss-reactive ketones (excluding diaryl/α,β-unsaturated/α-hetero) is 1. The molecule has 2 aromatic heterocycles. The molecule has 0 unspecified atom stereocenters. The number of hydrogen-bond donors (Lipinski definition) is 1. The highest BCUT2D eigenvalue weighted by atomic mass is 35.5. The van der Waals surface area contributed by atoms with E-state index in [2.05, 4.69) is 15.3 Å². The van der Waals surface area contributed by atoms with E-state index in [0.717, 1.165) is 28.0 Å². The lowest BCUT2D eigenvalue weighted by Crippen LogP contribution is -2.63. The summed E-state index contributed by atoms with van der Waals surface area (Å²) in [7, 11) is 7.07. The van der Waals surface area contributed by atoms with Crippen molar-refractivity contribution in [3.63, 3.8) is 0 Å². The molecule has 2 fully saturated rings. The van der Waals surface area contributed by atoms with Crippen molar-refractivity contribution in [1.29, 1.82) is 0 Å². The van der Waals surface area contributed by atoms with Gasteiger partial charge in [-0.25, -0.2) is 9.37 Å². The van der Waals surface area contributed by atoms with Crippen LogP contribution in [0.4, 0.5) is 17.6 Å². The average molecular weight is 933 g/mol. The summed E-state index contributed by atoms with van der Waals surface area (Å²) in [6, 6.07) is 10.9. The number of ether oxygens (including phenoxy) is 2. The van der Waals surface area contributed by atoms with Crippen molar-refractivity contribution in [3.05, 3.63) is 93.7 Å². The number of piperidine rings is 1. The van der Waals surface area contributed by atoms with Crippen LogP contribution in [-0.2, 0) is 50.5 Å². The minimum atomic E-state index is -4.87. The van der Waals surface area contributed by atoms with Gasteiger partial charge in [0.25, 0.3) is 0 Å². The van der Waals surface area contributed by atoms with Crippen molar-refractivity contribution in [2.75, 3.05) is 40.9 Å². The van der Waals surface area contributed by atoms with Gasteiger partial charge in [-0.1, -0.05) is 35.3 Å². The van der Waals surface area contributed by atoms with E-state index in [1.165, 1.54) is 31.2 Å². The van der Waals surface area contributed by atoms with Crippen LogP contribution in [0.15, 0.2) is 60.9 Å². The Labute approximate surface area is 379 Å². The lowest BCUT2D eigenvalue weighted by Gasteiger charge is -2.45. The third kappa shape index (κ3) is 12.0. The number of rotatable bonds is 12. The largest absolute Gasteiger partial charge is 0.455 e. The predicted molar refractivity (Wildman–Crippen MR) is 231 cm³/mol. The summed E-state index contributed by atoms with van der Waals surface area (Å²) in [4.78, 5) is 70.4. The van der Waals surface area contributed by atoms with Gasteiger partial charge in [-0.15, -0.1) is 0 Å². The Morgan fingerprint density at radius 3 is 2.36 bits per heavy atom. The van der Waals surface area contributed by atoms with Gasteiger partial charge < -0.3 is 34.1 Å². The highest BCUT2D eigenvalue weighted by molar-refractivity contribution is 6.31. The first-order chi connectivity index (χ1) is 30.2. The lowest BCUT2D eigenvalue weighted by molar-refractivity contribution is -0.164. The Bertz CT molecular complexity index is 2330. The maximum atomic E-state index is 16.1. The van der Waals surface area contributed by atoms with Gasteiger partial charge >= 0.3 is 6.18 Å². The lowest BCUT2D eigenvalue weighted by atomic mass is 9.81. The van der Waals surface area contributed by atoms with Crippen LogP contribution in [0.25, 0.3) is 11.4 Å². The Hall–Kier alpha value is -5.10. The van der Waals surface area contributed by atoms with E-state index in [0.29, 0.717) is 30.1 Å². The fourth-order valence-electron chi connectivity index (χ4n) is 8.37. The molecule has 0 radical (unpaired) electrons. The SMILES string of the molecule is COC[C@@H]1CC(=O)[C@H](C)N(Cc2c(F)cc(Cl)cc2Oc2ccc(-c3cnc(CN(C)C)n3C)nc2)C(=O)C[C@@H](CC(F)(F)F)C(=O)N2CCC[C@@](Cc3ccc(Cl)cc3)(C2)NC1=O. The van der Waals surface area contributed by atoms with Crippen LogP contribution in [0.3, 0.4) is 0 Å². The van der Waals surface area contributed by atoms with Crippen molar-refractivity contribution in [1.82, 2.24) is 34.6 Å². The fourth-order valence-corrected chi connectivity index (χ4v) is 8.69. The number of amides is 3. The van der Waals surface area contributed by atoms with E-state index in [4.69, 9.17) is 32.7 Å². The third-order valence-corrected chi connectivity index (χ3v) is 12.1. The van der Waals surface area contributed by atoms with Crippen LogP contribution >= 0.6 is 23.2 Å². The quantitative estimate of drug-likeness (QED) is 0.144. The van der Waals surface area contributed by atoms with Crippen LogP contribution in [0, 0.1) is 17.7 Å². The summed E-state index contributed by atoms with van der Waals surface area (Å²) in [5.41, 5.74) is 0.635. The van der Waals surface area contributed by atoms with E-state index in [1.807, 2.05) is 30.6 Å². The van der Waals surface area contributed by atoms with Gasteiger partial charge in [-0.3, -0.25) is 24.2 Å². The highest BCUT2D eigenvalue weighted by Gasteiger charge is 2.45. The van der Waals surface area contributed by atoms with E-state index < -0.39 is 84.7 Å². The number of ketones is 1. The predicted octanol–water partition coefficient (Wildman–Crippen LogP) is 7.41. The van der Waals surface area contributed by atoms with E-state index in [-0.39, 0.29) is 48.2 Å². The Balaban J connectivity index is 1.35. The number of halogens is 6. The zero-order valence-corrected chi connectivity index (χ0v) is 37.7. The number of imidazole rings is 1. The smallest absolute Gasteiger partial charge is 0.389 e. The van der Waals surface area contributed by atoms with Crippen molar-refractivity contribution in [2.45, 2.75) is 76.3 Å². The van der Waals surface area contributed by atoms with Gasteiger partial charge in [-0.05, 0) is 82.2 Å². The number of aromatic nitrogens is 3. The number of fused-ring (bicyclic) bond motifs is 2. The molecular formula is C45H51Cl2F4N7O6. The normalized spacial score (nSPS) is 21.6. The summed E-state index contributed by atoms with van der Waals surface area (Å²) in [6.45, 7) is 0.974. The molecule has 2 aliphatic rings. The second-order valence-electron chi connectivity index (χ2n) is 16.9. The summed E-state index contributed by atoms with van der Waals surface area (Å²) < 4.78 is 72.4. The molecule has 19 heteroatoms. The fraction of sp³-hybridized carbons (Fsp3) is 0.467. The van der Waals surface area contributed by atoms with Gasteiger partial charge in [0.1, 0.15) is 23.1 Å². The number of carbonyl (C=O) groups excluding carboxylic acids is 4. The number of benzene rings is 2. The van der Waals surface area contributed by atoms with E-state index in [9.17, 15) is 32.3 Å². The number of methoxy groups -OCH3 is 1. The molecule has 1 N–H and O–H groups in total. The van der Waals surface area contributed by atoms with Crippen molar-refractivity contribution in [3.8, 4) is 22.9 Å². The molecule has 0 aliphatic carbocycles. The standard InChI is InChI=1S/C45H51Cl2F4N7O6/c1-27-38(59)15-30(25-63-5)42(61)54-44(19-28-7-9-31(46)10-8-28)13-6-14-57(26-44)43(62)29(20-45(49,50)51)16-41(60)58(27)23-34-35(48)17-32(47)18-39(34)64-33-11-12-36(52-21-33)37-22-53-40(56(37)4)24-55(2)3/h7-12,17-18,21-22,27,29-30H,6,13-16,19-20,23-26H2,1-5H3,(H,54,61)/t27-,29-,30-,44+/m0/s1. The summed E-state index contributed by atoms with van der Waals surface area (Å²) in [5, 5.41) is 3.47. The molecule has 2 aliphatic heterocycles. The Kier molecular flexibility index (Phi) is 15.4. The monoisotopic (exact) mass is 931 g/mol. The molecule has 4 atom stereocenters. The first kappa shape index (κ1) is 48.4. The molecule has 4 heterocycles. The molecule has 0 spiro atoms. The minimum absolute atomic E-state index is 0.0708. The molecule has 13 nitrogen and oxygen atoms in total. The average Bonchev–Trinajstić information content (AvgIpc) is 3.58. The van der Waals surface area contributed by atoms with Crippen LogP contribution in [-0.4, -0.2) is 111 Å². The zero-order valence-electron chi connectivity index (χ0n) is 36.2. The molecule has 6 rings (SSSR count). The Morgan fingerprint density at radius 1 is 0.969 bits per heavy atom. The number of carbonyl (C=O) groups is 4. The van der Waals surface area contributed by atoms with E-state index in [1.54, 1.807) is 42.6 Å². The maximum absolute atomic E-state index is 16.1. The van der Waals surface area contributed by atoms with Gasteiger partial charge in [0.05, 0.1) is 73.3 Å². The minimum Gasteiger partial charge on any atom is -0.455 e. The van der Waals surface area contributed by atoms with Crippen molar-refractivity contribution >= 4 is 46.7 Å². The first-order valence-corrected chi connectivity index (χ1v) is 21.5. The third-order valence-electron chi connectivity index (χ3n) is 11.6. The van der Waals surface area contributed by atoms with Crippen LogP contribution in [0.1, 0.15) is 56.0 Å². The molecule has 2 bridgehead atoms. The van der Waals surface area contributed by atoms with Crippen LogP contribution < -0.4 is 10.1 Å². The summed E-state index contributed by atoms with van der Waals surface area (Å²) in [5.74, 6) is -6.31. The molecule has 64 heavy (non-hydrogen) atoms. The maximum Gasteiger partial charge on any atom is 0.389 e. The summed E-state index contributed by atoms with van der Waals surface area (Å²) in [6.07, 6.45) is -3.93. The number of pyridine rings is 1. The van der Waals surface area contributed by atoms with Gasteiger partial charge in [0.15, 0.2) is 5.78 Å². The molecule has 3 amide bonds. The number of alkyl halides is 3. The molecule has 2 saturated heterocycles. The van der Waals surface area contributed by atoms with Gasteiger partial charge in [0, 0.05) is 55.7 Å². The van der Waals surface area contributed by atoms with Crippen molar-refractivity contribution < 1.29 is 46.2 Å². The zero-order chi connectivity index (χ0) is 46.5. The van der Waals surface area contributed by atoms with Gasteiger partial charge in [-0.2, -0.15) is 13.2 Å². The van der Waals surface area contributed by atoms with Crippen LogP contribution in [0.2, 0.25) is 10.0 Å².